The van der Waals surface area contributed by atoms with Crippen molar-refractivity contribution in [3.05, 3.63) is 44.6 Å². The molecule has 1 atom stereocenters. The number of hydrogen-bond donors (Lipinski definition) is 1. The van der Waals surface area contributed by atoms with Gasteiger partial charge in [0, 0.05) is 10.5 Å². The standard InChI is InChI=1S/C15H19BrFN3S/c1-3-5-13-15(21-20-19-13)14(18-4-2)8-10-6-11(16)9-12(17)7-10/h6-7,9,14,18H,3-5,8H2,1-2H3. The number of aromatic nitrogens is 2. The number of nitrogens with one attached hydrogen (secondary N) is 1. The van der Waals surface area contributed by atoms with Gasteiger partial charge in [-0.15, -0.1) is 5.10 Å². The van der Waals surface area contributed by atoms with E-state index in [4.69, 9.17) is 0 Å². The number of rotatable bonds is 7. The normalized spacial score (nSPS) is 12.6. The van der Waals surface area contributed by atoms with E-state index in [1.165, 1.54) is 22.5 Å². The number of benzene rings is 1. The van der Waals surface area contributed by atoms with Crippen LogP contribution in [0.3, 0.4) is 0 Å². The molecule has 1 aromatic carbocycles. The van der Waals surface area contributed by atoms with Gasteiger partial charge in [-0.25, -0.2) is 4.39 Å². The molecule has 0 bridgehead atoms. The highest BCUT2D eigenvalue weighted by molar-refractivity contribution is 9.10. The van der Waals surface area contributed by atoms with Gasteiger partial charge in [0.25, 0.3) is 0 Å². The number of aryl methyl sites for hydroxylation is 1. The van der Waals surface area contributed by atoms with Crippen LogP contribution in [0.4, 0.5) is 4.39 Å². The Morgan fingerprint density at radius 1 is 1.33 bits per heavy atom. The second kappa shape index (κ2) is 7.96. The topological polar surface area (TPSA) is 37.8 Å². The van der Waals surface area contributed by atoms with E-state index in [1.807, 2.05) is 6.07 Å². The largest absolute Gasteiger partial charge is 0.309 e. The third-order valence-electron chi connectivity index (χ3n) is 3.20. The summed E-state index contributed by atoms with van der Waals surface area (Å²) in [5.41, 5.74) is 2.02. The second-order valence-corrected chi connectivity index (χ2v) is 6.63. The summed E-state index contributed by atoms with van der Waals surface area (Å²) in [6.07, 6.45) is 2.70. The van der Waals surface area contributed by atoms with Gasteiger partial charge in [-0.2, -0.15) is 0 Å². The van der Waals surface area contributed by atoms with Gasteiger partial charge < -0.3 is 5.32 Å². The van der Waals surface area contributed by atoms with Crippen molar-refractivity contribution in [3.8, 4) is 0 Å². The van der Waals surface area contributed by atoms with Crippen LogP contribution in [-0.4, -0.2) is 16.1 Å². The predicted octanol–water partition coefficient (Wildman–Crippen LogP) is 4.29. The average Bonchev–Trinajstić information content (AvgIpc) is 2.86. The van der Waals surface area contributed by atoms with Crippen molar-refractivity contribution in [1.29, 1.82) is 0 Å². The van der Waals surface area contributed by atoms with Crippen molar-refractivity contribution in [1.82, 2.24) is 14.9 Å². The van der Waals surface area contributed by atoms with Crippen molar-refractivity contribution in [2.75, 3.05) is 6.54 Å². The fraction of sp³-hybridized carbons (Fsp3) is 0.467. The van der Waals surface area contributed by atoms with Crippen LogP contribution in [-0.2, 0) is 12.8 Å². The van der Waals surface area contributed by atoms with E-state index in [0.29, 0.717) is 0 Å². The van der Waals surface area contributed by atoms with Gasteiger partial charge in [0.2, 0.25) is 0 Å². The van der Waals surface area contributed by atoms with Crippen LogP contribution < -0.4 is 5.32 Å². The molecule has 0 aliphatic heterocycles. The Morgan fingerprint density at radius 2 is 2.14 bits per heavy atom. The van der Waals surface area contributed by atoms with E-state index >= 15 is 0 Å². The first kappa shape index (κ1) is 16.5. The van der Waals surface area contributed by atoms with Crippen molar-refractivity contribution in [2.24, 2.45) is 0 Å². The molecule has 0 fully saturated rings. The summed E-state index contributed by atoms with van der Waals surface area (Å²) in [6, 6.07) is 5.15. The van der Waals surface area contributed by atoms with E-state index in [-0.39, 0.29) is 11.9 Å². The van der Waals surface area contributed by atoms with Gasteiger partial charge in [-0.1, -0.05) is 40.7 Å². The summed E-state index contributed by atoms with van der Waals surface area (Å²) in [7, 11) is 0. The lowest BCUT2D eigenvalue weighted by Gasteiger charge is -2.17. The first-order valence-electron chi connectivity index (χ1n) is 7.13. The fourth-order valence-electron chi connectivity index (χ4n) is 2.36. The lowest BCUT2D eigenvalue weighted by atomic mass is 10.0. The first-order valence-corrected chi connectivity index (χ1v) is 8.70. The minimum absolute atomic E-state index is 0.130. The maximum absolute atomic E-state index is 13.5. The quantitative estimate of drug-likeness (QED) is 0.788. The molecule has 0 aliphatic carbocycles. The van der Waals surface area contributed by atoms with E-state index in [0.717, 1.165) is 41.5 Å². The van der Waals surface area contributed by atoms with Crippen LogP contribution >= 0.6 is 27.5 Å². The molecule has 0 radical (unpaired) electrons. The molecule has 0 aliphatic rings. The fourth-order valence-corrected chi connectivity index (χ4v) is 3.64. The van der Waals surface area contributed by atoms with Crippen molar-refractivity contribution < 1.29 is 4.39 Å². The highest BCUT2D eigenvalue weighted by Crippen LogP contribution is 2.26. The third kappa shape index (κ3) is 4.56. The minimum atomic E-state index is -0.217. The van der Waals surface area contributed by atoms with Crippen molar-refractivity contribution in [2.45, 2.75) is 39.2 Å². The zero-order valence-electron chi connectivity index (χ0n) is 12.2. The lowest BCUT2D eigenvalue weighted by Crippen LogP contribution is -2.23. The Bertz CT molecular complexity index is 568. The average molecular weight is 372 g/mol. The maximum Gasteiger partial charge on any atom is 0.124 e. The lowest BCUT2D eigenvalue weighted by molar-refractivity contribution is 0.548. The third-order valence-corrected chi connectivity index (χ3v) is 4.54. The van der Waals surface area contributed by atoms with E-state index in [9.17, 15) is 4.39 Å². The highest BCUT2D eigenvalue weighted by Gasteiger charge is 2.19. The number of halogens is 2. The number of likely N-dealkylation sites (N-methyl/N-ethyl adjacent to an activating group) is 1. The first-order chi connectivity index (χ1) is 10.1. The molecule has 2 rings (SSSR count). The molecule has 3 nitrogen and oxygen atoms in total. The van der Waals surface area contributed by atoms with E-state index in [2.05, 4.69) is 44.7 Å². The molecule has 21 heavy (non-hydrogen) atoms. The molecule has 6 heteroatoms. The van der Waals surface area contributed by atoms with Gasteiger partial charge in [0.1, 0.15) is 5.82 Å². The molecule has 2 aromatic rings. The van der Waals surface area contributed by atoms with E-state index < -0.39 is 0 Å². The van der Waals surface area contributed by atoms with E-state index in [1.54, 1.807) is 6.07 Å². The van der Waals surface area contributed by atoms with Crippen LogP contribution in [0.25, 0.3) is 0 Å². The zero-order valence-corrected chi connectivity index (χ0v) is 14.6. The number of hydrogen-bond acceptors (Lipinski definition) is 4. The molecule has 0 saturated heterocycles. The van der Waals surface area contributed by atoms with Crippen LogP contribution in [0.2, 0.25) is 0 Å². The summed E-state index contributed by atoms with van der Waals surface area (Å²) < 4.78 is 18.4. The molecule has 0 spiro atoms. The van der Waals surface area contributed by atoms with Gasteiger partial charge in [-0.05, 0) is 54.7 Å². The molecular formula is C15H19BrFN3S. The van der Waals surface area contributed by atoms with Crippen molar-refractivity contribution in [3.63, 3.8) is 0 Å². The number of nitrogens with zero attached hydrogens (tertiary/aromatic N) is 2. The summed E-state index contributed by atoms with van der Waals surface area (Å²) >= 11 is 4.78. The molecule has 1 unspecified atom stereocenters. The Morgan fingerprint density at radius 3 is 2.81 bits per heavy atom. The summed E-state index contributed by atoms with van der Waals surface area (Å²) in [4.78, 5) is 1.17. The molecule has 1 aromatic heterocycles. The van der Waals surface area contributed by atoms with Gasteiger partial charge >= 0.3 is 0 Å². The Hall–Kier alpha value is -0.850. The van der Waals surface area contributed by atoms with Gasteiger partial charge in [0.15, 0.2) is 0 Å². The molecule has 1 heterocycles. The minimum Gasteiger partial charge on any atom is -0.309 e. The van der Waals surface area contributed by atoms with Crippen LogP contribution in [0.5, 0.6) is 0 Å². The SMILES string of the molecule is CCCc1nnsc1C(Cc1cc(F)cc(Br)c1)NCC. The maximum atomic E-state index is 13.5. The molecule has 114 valence electrons. The molecular weight excluding hydrogens is 353 g/mol. The Balaban J connectivity index is 2.24. The van der Waals surface area contributed by atoms with Crippen LogP contribution in [0.1, 0.15) is 42.4 Å². The molecule has 1 N–H and O–H groups in total. The Labute approximate surface area is 137 Å². The Kier molecular flexibility index (Phi) is 6.26. The van der Waals surface area contributed by atoms with Gasteiger partial charge in [0.05, 0.1) is 10.6 Å². The smallest absolute Gasteiger partial charge is 0.124 e. The zero-order chi connectivity index (χ0) is 15.2. The molecule has 0 amide bonds. The summed E-state index contributed by atoms with van der Waals surface area (Å²) in [6.45, 7) is 5.06. The molecule has 0 saturated carbocycles. The monoisotopic (exact) mass is 371 g/mol. The highest BCUT2D eigenvalue weighted by atomic mass is 79.9. The summed E-state index contributed by atoms with van der Waals surface area (Å²) in [5.74, 6) is -0.217. The van der Waals surface area contributed by atoms with Gasteiger partial charge in [-0.3, -0.25) is 0 Å². The predicted molar refractivity (Wildman–Crippen MR) is 88.1 cm³/mol. The summed E-state index contributed by atoms with van der Waals surface area (Å²) in [5, 5.41) is 7.69. The van der Waals surface area contributed by atoms with Crippen LogP contribution in [0.15, 0.2) is 22.7 Å². The van der Waals surface area contributed by atoms with Crippen molar-refractivity contribution >= 4 is 27.5 Å². The van der Waals surface area contributed by atoms with Crippen LogP contribution in [0, 0.1) is 5.82 Å². The second-order valence-electron chi connectivity index (χ2n) is 4.93.